The summed E-state index contributed by atoms with van der Waals surface area (Å²) in [5.74, 6) is 1.56. The molecule has 2 heterocycles. The van der Waals surface area contributed by atoms with Crippen LogP contribution in [0.4, 0.5) is 0 Å². The summed E-state index contributed by atoms with van der Waals surface area (Å²) < 4.78 is 16.7. The number of benzene rings is 1. The minimum Gasteiger partial charge on any atom is -0.601 e. The lowest BCUT2D eigenvalue weighted by Gasteiger charge is -2.21. The Bertz CT molecular complexity index is 311. The third-order valence-electron chi connectivity index (χ3n) is 2.35. The van der Waals surface area contributed by atoms with E-state index < -0.39 is 6.89 Å². The highest BCUT2D eigenvalue weighted by molar-refractivity contribution is 6.54. The van der Waals surface area contributed by atoms with E-state index in [0.29, 0.717) is 6.61 Å². The number of fused-ring (bicyclic) bond motifs is 1. The molecule has 1 spiro atoms. The van der Waals surface area contributed by atoms with E-state index in [-0.39, 0.29) is 0 Å². The van der Waals surface area contributed by atoms with Crippen molar-refractivity contribution in [2.75, 3.05) is 13.2 Å². The molecule has 1 fully saturated rings. The van der Waals surface area contributed by atoms with Crippen molar-refractivity contribution < 1.29 is 19.2 Å². The van der Waals surface area contributed by atoms with Crippen LogP contribution in [0.15, 0.2) is 24.3 Å². The van der Waals surface area contributed by atoms with Gasteiger partial charge in [0.2, 0.25) is 0 Å². The van der Waals surface area contributed by atoms with Crippen LogP contribution >= 0.6 is 0 Å². The quantitative estimate of drug-likeness (QED) is 0.545. The number of rotatable bonds is 0. The fraction of sp³-hybridized carbons (Fsp3) is 0.250. The van der Waals surface area contributed by atoms with Crippen molar-refractivity contribution in [2.45, 2.75) is 0 Å². The second kappa shape index (κ2) is 2.40. The maximum Gasteiger partial charge on any atom is 0.737 e. The monoisotopic (exact) mass is 179 g/mol. The van der Waals surface area contributed by atoms with Gasteiger partial charge in [0, 0.05) is 0 Å². The van der Waals surface area contributed by atoms with Gasteiger partial charge in [0.05, 0.1) is 13.2 Å². The van der Waals surface area contributed by atoms with E-state index in [1.807, 2.05) is 29.5 Å². The normalized spacial score (nSPS) is 22.5. The maximum absolute atomic E-state index is 5.62. The van der Waals surface area contributed by atoms with Gasteiger partial charge >= 0.3 is 6.89 Å². The molecule has 2 aliphatic heterocycles. The number of para-hydroxylation sites is 2. The summed E-state index contributed by atoms with van der Waals surface area (Å²) in [6.07, 6.45) is 0. The van der Waals surface area contributed by atoms with Crippen LogP contribution in [0.2, 0.25) is 0 Å². The zero-order valence-electron chi connectivity index (χ0n) is 7.10. The fourth-order valence-electron chi connectivity index (χ4n) is 1.76. The minimum absolute atomic E-state index is 0.688. The summed E-state index contributed by atoms with van der Waals surface area (Å²) in [6, 6.07) is 7.63. The van der Waals surface area contributed by atoms with E-state index in [1.54, 1.807) is 0 Å². The Hall–Kier alpha value is -1.20. The van der Waals surface area contributed by atoms with Crippen molar-refractivity contribution in [1.82, 2.24) is 0 Å². The number of nitrogens with two attached hydrogens (primary N) is 1. The molecule has 0 aliphatic carbocycles. The van der Waals surface area contributed by atoms with Crippen LogP contribution < -0.4 is 14.5 Å². The summed E-state index contributed by atoms with van der Waals surface area (Å²) in [4.78, 5) is 0. The van der Waals surface area contributed by atoms with Gasteiger partial charge in [-0.25, -0.2) is 0 Å². The predicted octanol–water partition coefficient (Wildman–Crippen LogP) is -0.513. The first-order valence-electron chi connectivity index (χ1n) is 4.47. The standard InChI is InChI=1S/C8H10BNO3/c1-2-4-8-7(3-1)12-9(13-8)10-5-6-11-9/h1-4H,5-6,10H2. The van der Waals surface area contributed by atoms with Crippen molar-refractivity contribution in [2.24, 2.45) is 0 Å². The van der Waals surface area contributed by atoms with Crippen LogP contribution in [0.3, 0.4) is 0 Å². The first-order chi connectivity index (χ1) is 6.38. The van der Waals surface area contributed by atoms with Crippen LogP contribution in [0.5, 0.6) is 11.5 Å². The average molecular weight is 179 g/mol. The first-order valence-corrected chi connectivity index (χ1v) is 4.47. The van der Waals surface area contributed by atoms with E-state index >= 15 is 0 Å². The van der Waals surface area contributed by atoms with Crippen LogP contribution in [-0.4, -0.2) is 20.0 Å². The predicted molar refractivity (Wildman–Crippen MR) is 46.2 cm³/mol. The lowest BCUT2D eigenvalue weighted by atomic mass is 10.0. The lowest BCUT2D eigenvalue weighted by Crippen LogP contribution is -3.01. The van der Waals surface area contributed by atoms with Crippen molar-refractivity contribution in [3.8, 4) is 11.5 Å². The van der Waals surface area contributed by atoms with Gasteiger partial charge in [-0.05, 0) is 12.1 Å². The Morgan fingerprint density at radius 3 is 2.38 bits per heavy atom. The molecule has 2 N–H and O–H groups in total. The summed E-state index contributed by atoms with van der Waals surface area (Å²) in [7, 11) is 0. The molecule has 13 heavy (non-hydrogen) atoms. The van der Waals surface area contributed by atoms with Gasteiger partial charge in [-0.1, -0.05) is 12.1 Å². The molecule has 0 amide bonds. The largest absolute Gasteiger partial charge is 0.737 e. The third kappa shape index (κ3) is 1.01. The molecular weight excluding hydrogens is 169 g/mol. The van der Waals surface area contributed by atoms with E-state index in [9.17, 15) is 0 Å². The van der Waals surface area contributed by atoms with Crippen LogP contribution in [0.1, 0.15) is 0 Å². The molecule has 5 heteroatoms. The molecule has 1 aromatic rings. The summed E-state index contributed by atoms with van der Waals surface area (Å²) in [6.45, 7) is -0.00396. The van der Waals surface area contributed by atoms with Gasteiger partial charge < -0.3 is 19.2 Å². The van der Waals surface area contributed by atoms with Crippen LogP contribution in [0, 0.1) is 0 Å². The average Bonchev–Trinajstić information content (AvgIpc) is 2.72. The van der Waals surface area contributed by atoms with Crippen molar-refractivity contribution in [1.29, 1.82) is 0 Å². The summed E-state index contributed by atoms with van der Waals surface area (Å²) in [5, 5.41) is 1.97. The Kier molecular flexibility index (Phi) is 1.33. The Morgan fingerprint density at radius 2 is 1.85 bits per heavy atom. The van der Waals surface area contributed by atoms with Gasteiger partial charge in [0.1, 0.15) is 11.5 Å². The number of hydrogen-bond acceptors (Lipinski definition) is 3. The number of hydrogen-bond donors (Lipinski definition) is 1. The molecule has 0 radical (unpaired) electrons. The molecule has 3 rings (SSSR count). The molecule has 2 aliphatic rings. The minimum atomic E-state index is -1.59. The molecular formula is C8H10BNO3. The van der Waals surface area contributed by atoms with E-state index in [2.05, 4.69) is 0 Å². The van der Waals surface area contributed by atoms with E-state index in [1.165, 1.54) is 0 Å². The fourth-order valence-corrected chi connectivity index (χ4v) is 1.76. The van der Waals surface area contributed by atoms with Crippen LogP contribution in [0.25, 0.3) is 0 Å². The topological polar surface area (TPSA) is 44.3 Å². The maximum atomic E-state index is 5.62. The molecule has 0 atom stereocenters. The highest BCUT2D eigenvalue weighted by atomic mass is 16.8. The lowest BCUT2D eigenvalue weighted by molar-refractivity contribution is -0.543. The zero-order valence-corrected chi connectivity index (χ0v) is 7.10. The number of quaternary nitrogens is 1. The summed E-state index contributed by atoms with van der Waals surface area (Å²) in [5.41, 5.74) is 0. The van der Waals surface area contributed by atoms with Gasteiger partial charge in [0.25, 0.3) is 0 Å². The molecule has 0 saturated carbocycles. The smallest absolute Gasteiger partial charge is 0.601 e. The Morgan fingerprint density at radius 1 is 1.15 bits per heavy atom. The Balaban J connectivity index is 1.96. The summed E-state index contributed by atoms with van der Waals surface area (Å²) >= 11 is 0. The third-order valence-corrected chi connectivity index (χ3v) is 2.35. The zero-order chi connectivity index (χ0) is 8.73. The second-order valence-corrected chi connectivity index (χ2v) is 3.27. The highest BCUT2D eigenvalue weighted by Crippen LogP contribution is 2.35. The first kappa shape index (κ1) is 7.23. The molecule has 0 bridgehead atoms. The molecule has 1 saturated heterocycles. The molecule has 1 aromatic carbocycles. The van der Waals surface area contributed by atoms with E-state index in [4.69, 9.17) is 14.0 Å². The second-order valence-electron chi connectivity index (χ2n) is 3.27. The van der Waals surface area contributed by atoms with Gasteiger partial charge in [-0.15, -0.1) is 0 Å². The van der Waals surface area contributed by atoms with Crippen molar-refractivity contribution >= 4 is 6.89 Å². The molecule has 0 unspecified atom stereocenters. The van der Waals surface area contributed by atoms with Crippen LogP contribution in [-0.2, 0) is 4.65 Å². The molecule has 68 valence electrons. The van der Waals surface area contributed by atoms with E-state index in [0.717, 1.165) is 18.0 Å². The van der Waals surface area contributed by atoms with Gasteiger partial charge in [0.15, 0.2) is 0 Å². The van der Waals surface area contributed by atoms with Crippen molar-refractivity contribution in [3.63, 3.8) is 0 Å². The van der Waals surface area contributed by atoms with Gasteiger partial charge in [-0.2, -0.15) is 0 Å². The SMILES string of the molecule is c1ccc2c(c1)O[B-]1([NH2+]CCO1)O2. The molecule has 0 aromatic heterocycles. The molecule has 4 nitrogen and oxygen atoms in total. The highest BCUT2D eigenvalue weighted by Gasteiger charge is 2.50. The van der Waals surface area contributed by atoms with Crippen molar-refractivity contribution in [3.05, 3.63) is 24.3 Å². The Labute approximate surface area is 75.8 Å². The van der Waals surface area contributed by atoms with Gasteiger partial charge in [-0.3, -0.25) is 0 Å².